The maximum absolute atomic E-state index is 4.73. The summed E-state index contributed by atoms with van der Waals surface area (Å²) in [5, 5.41) is 0. The van der Waals surface area contributed by atoms with E-state index in [0.29, 0.717) is 11.9 Å². The second-order valence-corrected chi connectivity index (χ2v) is 6.82. The first kappa shape index (κ1) is 16.4. The van der Waals surface area contributed by atoms with Crippen LogP contribution in [-0.4, -0.2) is 43.0 Å². The van der Waals surface area contributed by atoms with Crippen LogP contribution >= 0.6 is 0 Å². The Balaban J connectivity index is 1.59. The predicted molar refractivity (Wildman–Crippen MR) is 115 cm³/mol. The third-order valence-electron chi connectivity index (χ3n) is 4.76. The molecular formula is C22H18N6. The highest BCUT2D eigenvalue weighted by Crippen LogP contribution is 2.30. The van der Waals surface area contributed by atoms with Crippen LogP contribution in [0, 0.1) is 0 Å². The van der Waals surface area contributed by atoms with Crippen LogP contribution in [0.1, 0.15) is 11.1 Å². The number of nitrogens with zero attached hydrogens (tertiary/aromatic N) is 6. The number of hydrogen-bond donors (Lipinski definition) is 0. The summed E-state index contributed by atoms with van der Waals surface area (Å²) in [6, 6.07) is 18.4. The van der Waals surface area contributed by atoms with E-state index >= 15 is 0 Å². The Morgan fingerprint density at radius 2 is 1.57 bits per heavy atom. The molecule has 0 N–H and O–H groups in total. The highest BCUT2D eigenvalue weighted by Gasteiger charge is 2.30. The van der Waals surface area contributed by atoms with Gasteiger partial charge >= 0.3 is 0 Å². The van der Waals surface area contributed by atoms with E-state index in [1.807, 2.05) is 49.3 Å². The largest absolute Gasteiger partial charge is 0.378 e. The number of benzene rings is 2. The molecule has 6 heteroatoms. The van der Waals surface area contributed by atoms with Gasteiger partial charge in [-0.3, -0.25) is 0 Å². The van der Waals surface area contributed by atoms with E-state index in [-0.39, 0.29) is 0 Å². The number of guanidine groups is 2. The van der Waals surface area contributed by atoms with Crippen LogP contribution in [0.2, 0.25) is 0 Å². The second kappa shape index (κ2) is 6.42. The molecule has 0 fully saturated rings. The normalized spacial score (nSPS) is 17.1. The van der Waals surface area contributed by atoms with E-state index in [2.05, 4.69) is 51.3 Å². The van der Waals surface area contributed by atoms with Crippen LogP contribution in [-0.2, 0) is 0 Å². The zero-order valence-electron chi connectivity index (χ0n) is 15.6. The summed E-state index contributed by atoms with van der Waals surface area (Å²) in [5.74, 6) is 1.17. The highest BCUT2D eigenvalue weighted by atomic mass is 15.4. The van der Waals surface area contributed by atoms with Crippen LogP contribution in [0.4, 0.5) is 5.69 Å². The van der Waals surface area contributed by atoms with Gasteiger partial charge in [0.15, 0.2) is 0 Å². The van der Waals surface area contributed by atoms with Crippen molar-refractivity contribution in [3.05, 3.63) is 83.6 Å². The number of anilines is 1. The fourth-order valence-corrected chi connectivity index (χ4v) is 3.29. The first-order chi connectivity index (χ1) is 13.7. The summed E-state index contributed by atoms with van der Waals surface area (Å²) in [5.41, 5.74) is 5.95. The van der Waals surface area contributed by atoms with Crippen molar-refractivity contribution in [3.8, 4) is 0 Å². The Morgan fingerprint density at radius 1 is 0.786 bits per heavy atom. The molecule has 0 aromatic heterocycles. The first-order valence-electron chi connectivity index (χ1n) is 9.03. The van der Waals surface area contributed by atoms with Gasteiger partial charge in [-0.2, -0.15) is 0 Å². The van der Waals surface area contributed by atoms with E-state index in [0.717, 1.165) is 33.9 Å². The van der Waals surface area contributed by atoms with Gasteiger partial charge in [-0.1, -0.05) is 42.5 Å². The quantitative estimate of drug-likeness (QED) is 0.834. The first-order valence-corrected chi connectivity index (χ1v) is 9.03. The second-order valence-electron chi connectivity index (χ2n) is 6.82. The summed E-state index contributed by atoms with van der Waals surface area (Å²) < 4.78 is 0. The molecule has 28 heavy (non-hydrogen) atoms. The smallest absolute Gasteiger partial charge is 0.239 e. The lowest BCUT2D eigenvalue weighted by molar-refractivity contribution is 0.738. The third-order valence-corrected chi connectivity index (χ3v) is 4.76. The minimum Gasteiger partial charge on any atom is -0.378 e. The average molecular weight is 366 g/mol. The van der Waals surface area contributed by atoms with Gasteiger partial charge < -0.3 is 4.90 Å². The Morgan fingerprint density at radius 3 is 2.32 bits per heavy atom. The minimum atomic E-state index is 0.585. The zero-order valence-corrected chi connectivity index (χ0v) is 15.6. The number of rotatable bonds is 3. The van der Waals surface area contributed by atoms with Gasteiger partial charge in [0.2, 0.25) is 11.9 Å². The molecule has 3 aliphatic rings. The summed E-state index contributed by atoms with van der Waals surface area (Å²) in [4.78, 5) is 22.1. The Hall–Kier alpha value is -3.80. The summed E-state index contributed by atoms with van der Waals surface area (Å²) >= 11 is 0. The Kier molecular flexibility index (Phi) is 3.76. The molecule has 0 aliphatic carbocycles. The van der Waals surface area contributed by atoms with E-state index in [1.165, 1.54) is 6.34 Å². The fraction of sp³-hybridized carbons (Fsp3) is 0.0909. The molecule has 5 rings (SSSR count). The van der Waals surface area contributed by atoms with E-state index in [1.54, 1.807) is 0 Å². The standard InChI is InChI=1S/C22H18N6/c1-27(2)17-10-8-16(9-11-17)20-13-18-12-19(15-6-4-3-5-7-15)25-21-23-14-24-22(26-20)28(18)21/h3-14H,1-2H3. The van der Waals surface area contributed by atoms with E-state index < -0.39 is 0 Å². The molecule has 0 amide bonds. The molecule has 3 aliphatic heterocycles. The van der Waals surface area contributed by atoms with Crippen molar-refractivity contribution in [3.63, 3.8) is 0 Å². The fourth-order valence-electron chi connectivity index (χ4n) is 3.29. The lowest BCUT2D eigenvalue weighted by Crippen LogP contribution is -2.40. The Bertz CT molecular complexity index is 1120. The van der Waals surface area contributed by atoms with Gasteiger partial charge in [-0.25, -0.2) is 24.9 Å². The SMILES string of the molecule is CN(C)c1ccc(C2=CC3=CC(c4ccccc4)=NC4=NC=NC(=N2)N34)cc1. The molecule has 0 radical (unpaired) electrons. The van der Waals surface area contributed by atoms with Crippen LogP contribution in [0.3, 0.4) is 0 Å². The number of hydrogen-bond acceptors (Lipinski definition) is 6. The molecule has 0 atom stereocenters. The van der Waals surface area contributed by atoms with Crippen molar-refractivity contribution in [2.24, 2.45) is 20.0 Å². The van der Waals surface area contributed by atoms with Crippen molar-refractivity contribution in [1.29, 1.82) is 0 Å². The Labute approximate surface area is 163 Å². The summed E-state index contributed by atoms with van der Waals surface area (Å²) in [7, 11) is 4.06. The predicted octanol–water partition coefficient (Wildman–Crippen LogP) is 3.55. The molecule has 0 saturated heterocycles. The average Bonchev–Trinajstić information content (AvgIpc) is 2.74. The molecule has 0 spiro atoms. The van der Waals surface area contributed by atoms with Crippen molar-refractivity contribution in [2.75, 3.05) is 19.0 Å². The van der Waals surface area contributed by atoms with Crippen molar-refractivity contribution in [1.82, 2.24) is 4.90 Å². The monoisotopic (exact) mass is 366 g/mol. The summed E-state index contributed by atoms with van der Waals surface area (Å²) in [6.07, 6.45) is 5.62. The minimum absolute atomic E-state index is 0.585. The van der Waals surface area contributed by atoms with Crippen molar-refractivity contribution >= 4 is 35.4 Å². The van der Waals surface area contributed by atoms with Crippen LogP contribution in [0.5, 0.6) is 0 Å². The topological polar surface area (TPSA) is 55.9 Å². The maximum Gasteiger partial charge on any atom is 0.239 e. The highest BCUT2D eigenvalue weighted by molar-refractivity contribution is 6.22. The van der Waals surface area contributed by atoms with Crippen LogP contribution in [0.15, 0.2) is 92.4 Å². The molecule has 0 saturated carbocycles. The zero-order chi connectivity index (χ0) is 19.1. The van der Waals surface area contributed by atoms with E-state index in [9.17, 15) is 0 Å². The van der Waals surface area contributed by atoms with Gasteiger partial charge in [-0.15, -0.1) is 0 Å². The lowest BCUT2D eigenvalue weighted by atomic mass is 10.0. The molecule has 0 unspecified atom stereocenters. The van der Waals surface area contributed by atoms with Gasteiger partial charge in [-0.05, 0) is 24.3 Å². The molecule has 0 bridgehead atoms. The summed E-state index contributed by atoms with van der Waals surface area (Å²) in [6.45, 7) is 0. The molecule has 6 nitrogen and oxygen atoms in total. The molecule has 2 aromatic rings. The van der Waals surface area contributed by atoms with Crippen molar-refractivity contribution in [2.45, 2.75) is 0 Å². The van der Waals surface area contributed by atoms with E-state index in [4.69, 9.17) is 9.98 Å². The van der Waals surface area contributed by atoms with Gasteiger partial charge in [0, 0.05) is 30.9 Å². The van der Waals surface area contributed by atoms with Gasteiger partial charge in [0.05, 0.1) is 17.1 Å². The molecule has 3 heterocycles. The number of allylic oxidation sites excluding steroid dienone is 2. The molecule has 2 aromatic carbocycles. The molecular weight excluding hydrogens is 348 g/mol. The molecule has 136 valence electrons. The van der Waals surface area contributed by atoms with Crippen molar-refractivity contribution < 1.29 is 0 Å². The van der Waals surface area contributed by atoms with Gasteiger partial charge in [0.25, 0.3) is 0 Å². The van der Waals surface area contributed by atoms with Crippen LogP contribution < -0.4 is 4.90 Å². The lowest BCUT2D eigenvalue weighted by Gasteiger charge is -2.31. The van der Waals surface area contributed by atoms with Gasteiger partial charge in [0.1, 0.15) is 6.34 Å². The third kappa shape index (κ3) is 2.75. The maximum atomic E-state index is 4.73. The number of aliphatic imine (C=N–C) groups is 4. The van der Waals surface area contributed by atoms with Crippen LogP contribution in [0.25, 0.3) is 5.70 Å².